The van der Waals surface area contributed by atoms with Crippen LogP contribution in [-0.2, 0) is 10.0 Å². The van der Waals surface area contributed by atoms with E-state index in [0.29, 0.717) is 11.3 Å². The minimum atomic E-state index is -3.71. The summed E-state index contributed by atoms with van der Waals surface area (Å²) in [4.78, 5) is 4.58. The number of para-hydroxylation sites is 2. The summed E-state index contributed by atoms with van der Waals surface area (Å²) in [5.41, 5.74) is 1.88. The molecule has 0 unspecified atom stereocenters. The highest BCUT2D eigenvalue weighted by molar-refractivity contribution is 7.92. The summed E-state index contributed by atoms with van der Waals surface area (Å²) < 4.78 is 28.0. The molecule has 1 aliphatic rings. The predicted octanol–water partition coefficient (Wildman–Crippen LogP) is 2.11. The lowest BCUT2D eigenvalue weighted by atomic mass is 10.2. The van der Waals surface area contributed by atoms with Crippen LogP contribution in [0.5, 0.6) is 0 Å². The topological polar surface area (TPSA) is 76.4 Å². The second-order valence-corrected chi connectivity index (χ2v) is 7.73. The van der Waals surface area contributed by atoms with Gasteiger partial charge in [0.25, 0.3) is 10.0 Å². The van der Waals surface area contributed by atoms with Crippen molar-refractivity contribution in [2.75, 3.05) is 42.8 Å². The van der Waals surface area contributed by atoms with Crippen LogP contribution in [-0.4, -0.2) is 46.5 Å². The number of hydrogen-bond acceptors (Lipinski definition) is 5. The molecule has 1 saturated heterocycles. The molecule has 130 valence electrons. The molecule has 1 N–H and O–H groups in total. The number of sulfonamides is 1. The summed E-state index contributed by atoms with van der Waals surface area (Å²) >= 11 is 0. The first-order valence-corrected chi connectivity index (χ1v) is 9.53. The second-order valence-electron chi connectivity index (χ2n) is 6.05. The van der Waals surface area contributed by atoms with Crippen molar-refractivity contribution in [2.24, 2.45) is 0 Å². The summed E-state index contributed by atoms with van der Waals surface area (Å²) in [5, 5.41) is 8.84. The van der Waals surface area contributed by atoms with Gasteiger partial charge in [-0.15, -0.1) is 0 Å². The number of likely N-dealkylation sites (N-methyl/N-ethyl adjacent to an activating group) is 1. The molecule has 1 aliphatic heterocycles. The molecule has 7 heteroatoms. The Kier molecular flexibility index (Phi) is 4.93. The Labute approximate surface area is 148 Å². The quantitative estimate of drug-likeness (QED) is 0.908. The summed E-state index contributed by atoms with van der Waals surface area (Å²) in [5.74, 6) is 0. The molecule has 0 atom stereocenters. The van der Waals surface area contributed by atoms with Crippen molar-refractivity contribution in [3.05, 3.63) is 54.1 Å². The zero-order chi connectivity index (χ0) is 17.9. The molecule has 1 fully saturated rings. The van der Waals surface area contributed by atoms with E-state index in [0.717, 1.165) is 31.9 Å². The van der Waals surface area contributed by atoms with E-state index in [9.17, 15) is 8.42 Å². The second kappa shape index (κ2) is 7.13. The highest BCUT2D eigenvalue weighted by Crippen LogP contribution is 2.28. The monoisotopic (exact) mass is 356 g/mol. The maximum absolute atomic E-state index is 12.7. The Morgan fingerprint density at radius 3 is 2.28 bits per heavy atom. The summed E-state index contributed by atoms with van der Waals surface area (Å²) in [7, 11) is -1.63. The zero-order valence-corrected chi connectivity index (χ0v) is 14.8. The first-order valence-electron chi connectivity index (χ1n) is 8.05. The number of anilines is 2. The van der Waals surface area contributed by atoms with Crippen molar-refractivity contribution in [1.29, 1.82) is 5.26 Å². The van der Waals surface area contributed by atoms with Crippen molar-refractivity contribution >= 4 is 21.4 Å². The van der Waals surface area contributed by atoms with Gasteiger partial charge in [0, 0.05) is 26.2 Å². The largest absolute Gasteiger partial charge is 0.367 e. The van der Waals surface area contributed by atoms with Gasteiger partial charge in [0.1, 0.15) is 0 Å². The SMILES string of the molecule is CN1CCN(c2ccccc2NS(=O)(=O)c2ccc(C#N)cc2)CC1. The van der Waals surface area contributed by atoms with Crippen LogP contribution in [0.15, 0.2) is 53.4 Å². The number of rotatable bonds is 4. The number of nitrogens with one attached hydrogen (secondary N) is 1. The van der Waals surface area contributed by atoms with Gasteiger partial charge in [0.05, 0.1) is 27.9 Å². The van der Waals surface area contributed by atoms with Crippen LogP contribution in [0, 0.1) is 11.3 Å². The lowest BCUT2D eigenvalue weighted by Gasteiger charge is -2.35. The van der Waals surface area contributed by atoms with E-state index in [4.69, 9.17) is 5.26 Å². The van der Waals surface area contributed by atoms with Crippen molar-refractivity contribution in [3.63, 3.8) is 0 Å². The van der Waals surface area contributed by atoms with Gasteiger partial charge in [0.15, 0.2) is 0 Å². The number of piperazine rings is 1. The molecule has 0 amide bonds. The van der Waals surface area contributed by atoms with Crippen LogP contribution in [0.4, 0.5) is 11.4 Å². The standard InChI is InChI=1S/C18H20N4O2S/c1-21-10-12-22(13-11-21)18-5-3-2-4-17(18)20-25(23,24)16-8-6-15(14-19)7-9-16/h2-9,20H,10-13H2,1H3. The van der Waals surface area contributed by atoms with E-state index in [1.165, 1.54) is 24.3 Å². The van der Waals surface area contributed by atoms with E-state index in [1.807, 2.05) is 24.3 Å². The Morgan fingerprint density at radius 2 is 1.64 bits per heavy atom. The average Bonchev–Trinajstić information content (AvgIpc) is 2.63. The van der Waals surface area contributed by atoms with Gasteiger partial charge in [-0.05, 0) is 43.4 Å². The van der Waals surface area contributed by atoms with E-state index in [2.05, 4.69) is 21.6 Å². The van der Waals surface area contributed by atoms with Crippen molar-refractivity contribution < 1.29 is 8.42 Å². The molecule has 0 saturated carbocycles. The third-order valence-corrected chi connectivity index (χ3v) is 5.67. The number of hydrogen-bond donors (Lipinski definition) is 1. The molecule has 0 radical (unpaired) electrons. The molecular weight excluding hydrogens is 336 g/mol. The molecular formula is C18H20N4O2S. The van der Waals surface area contributed by atoms with Gasteiger partial charge in [-0.3, -0.25) is 4.72 Å². The lowest BCUT2D eigenvalue weighted by Crippen LogP contribution is -2.44. The number of nitrogens with zero attached hydrogens (tertiary/aromatic N) is 3. The fraction of sp³-hybridized carbons (Fsp3) is 0.278. The van der Waals surface area contributed by atoms with E-state index in [-0.39, 0.29) is 4.90 Å². The molecule has 0 aromatic heterocycles. The van der Waals surface area contributed by atoms with Crippen molar-refractivity contribution in [3.8, 4) is 6.07 Å². The van der Waals surface area contributed by atoms with E-state index < -0.39 is 10.0 Å². The van der Waals surface area contributed by atoms with Gasteiger partial charge < -0.3 is 9.80 Å². The third-order valence-electron chi connectivity index (χ3n) is 4.29. The summed E-state index contributed by atoms with van der Waals surface area (Å²) in [6.07, 6.45) is 0. The molecule has 0 aliphatic carbocycles. The maximum atomic E-state index is 12.7. The molecule has 0 bridgehead atoms. The molecule has 25 heavy (non-hydrogen) atoms. The summed E-state index contributed by atoms with van der Waals surface area (Å²) in [6.45, 7) is 3.59. The fourth-order valence-corrected chi connectivity index (χ4v) is 3.87. The number of benzene rings is 2. The minimum absolute atomic E-state index is 0.139. The van der Waals surface area contributed by atoms with Gasteiger partial charge in [-0.1, -0.05) is 12.1 Å². The molecule has 2 aromatic rings. The zero-order valence-electron chi connectivity index (χ0n) is 14.0. The van der Waals surface area contributed by atoms with Gasteiger partial charge in [-0.2, -0.15) is 5.26 Å². The van der Waals surface area contributed by atoms with Crippen LogP contribution in [0.1, 0.15) is 5.56 Å². The lowest BCUT2D eigenvalue weighted by molar-refractivity contribution is 0.313. The number of nitriles is 1. The van der Waals surface area contributed by atoms with Crippen LogP contribution in [0.3, 0.4) is 0 Å². The smallest absolute Gasteiger partial charge is 0.261 e. The van der Waals surface area contributed by atoms with Crippen molar-refractivity contribution in [1.82, 2.24) is 4.90 Å². The van der Waals surface area contributed by atoms with Gasteiger partial charge in [-0.25, -0.2) is 8.42 Å². The predicted molar refractivity (Wildman–Crippen MR) is 98.1 cm³/mol. The Bertz CT molecular complexity index is 880. The van der Waals surface area contributed by atoms with E-state index >= 15 is 0 Å². The highest BCUT2D eigenvalue weighted by Gasteiger charge is 2.20. The molecule has 2 aromatic carbocycles. The minimum Gasteiger partial charge on any atom is -0.367 e. The third kappa shape index (κ3) is 3.92. The highest BCUT2D eigenvalue weighted by atomic mass is 32.2. The van der Waals surface area contributed by atoms with Crippen LogP contribution >= 0.6 is 0 Å². The van der Waals surface area contributed by atoms with Crippen LogP contribution in [0.25, 0.3) is 0 Å². The maximum Gasteiger partial charge on any atom is 0.261 e. The van der Waals surface area contributed by atoms with Gasteiger partial charge in [0.2, 0.25) is 0 Å². The Morgan fingerprint density at radius 1 is 1.00 bits per heavy atom. The average molecular weight is 356 g/mol. The van der Waals surface area contributed by atoms with Crippen molar-refractivity contribution in [2.45, 2.75) is 4.90 Å². The molecule has 1 heterocycles. The Balaban J connectivity index is 1.86. The molecule has 3 rings (SSSR count). The normalized spacial score (nSPS) is 15.6. The molecule has 0 spiro atoms. The van der Waals surface area contributed by atoms with Crippen LogP contribution in [0.2, 0.25) is 0 Å². The summed E-state index contributed by atoms with van der Waals surface area (Å²) in [6, 6.07) is 15.3. The first-order chi connectivity index (χ1) is 12.0. The van der Waals surface area contributed by atoms with E-state index in [1.54, 1.807) is 6.07 Å². The Hall–Kier alpha value is -2.56. The van der Waals surface area contributed by atoms with Gasteiger partial charge >= 0.3 is 0 Å². The molecule has 6 nitrogen and oxygen atoms in total. The fourth-order valence-electron chi connectivity index (χ4n) is 2.80. The first kappa shape index (κ1) is 17.3. The van der Waals surface area contributed by atoms with Crippen LogP contribution < -0.4 is 9.62 Å².